The molecule has 7 heteroatoms. The van der Waals surface area contributed by atoms with Crippen molar-refractivity contribution in [3.05, 3.63) is 60.1 Å². The maximum absolute atomic E-state index is 14.3. The second-order valence-corrected chi connectivity index (χ2v) is 5.50. The van der Waals surface area contributed by atoms with E-state index in [2.05, 4.69) is 9.97 Å². The Morgan fingerprint density at radius 2 is 2.04 bits per heavy atom. The van der Waals surface area contributed by atoms with Crippen molar-refractivity contribution in [2.75, 3.05) is 19.7 Å². The topological polar surface area (TPSA) is 68.5 Å². The number of carbonyl (C=O) groups is 1. The van der Waals surface area contributed by atoms with Crippen molar-refractivity contribution in [1.82, 2.24) is 14.9 Å². The molecule has 0 spiro atoms. The monoisotopic (exact) mass is 327 g/mol. The fourth-order valence-electron chi connectivity index (χ4n) is 2.80. The molecular weight excluding hydrogens is 313 g/mol. The summed E-state index contributed by atoms with van der Waals surface area (Å²) in [5, 5.41) is 0. The smallest absolute Gasteiger partial charge is 0.257 e. The Morgan fingerprint density at radius 3 is 2.79 bits per heavy atom. The molecule has 1 saturated heterocycles. The average molecular weight is 327 g/mol. The van der Waals surface area contributed by atoms with Crippen molar-refractivity contribution < 1.29 is 18.3 Å². The molecule has 6 nitrogen and oxygen atoms in total. The maximum Gasteiger partial charge on any atom is 0.257 e. The van der Waals surface area contributed by atoms with Crippen LogP contribution < -0.4 is 0 Å². The SMILES string of the molecule is O=C(c1cc2nccnc2cc1F)N1CCOC(c2ccco2)C1. The summed E-state index contributed by atoms with van der Waals surface area (Å²) in [4.78, 5) is 22.5. The van der Waals surface area contributed by atoms with E-state index in [1.54, 1.807) is 23.3 Å². The van der Waals surface area contributed by atoms with E-state index in [1.165, 1.54) is 24.5 Å². The Hall–Kier alpha value is -2.80. The van der Waals surface area contributed by atoms with Crippen LogP contribution in [0.5, 0.6) is 0 Å². The summed E-state index contributed by atoms with van der Waals surface area (Å²) in [7, 11) is 0. The first-order valence-corrected chi connectivity index (χ1v) is 7.57. The lowest BCUT2D eigenvalue weighted by molar-refractivity contribution is -0.0322. The molecular formula is C17H14FN3O3. The van der Waals surface area contributed by atoms with E-state index in [9.17, 15) is 9.18 Å². The van der Waals surface area contributed by atoms with Crippen LogP contribution in [0, 0.1) is 5.82 Å². The molecule has 1 unspecified atom stereocenters. The number of hydrogen-bond acceptors (Lipinski definition) is 5. The number of fused-ring (bicyclic) bond motifs is 1. The lowest BCUT2D eigenvalue weighted by Gasteiger charge is -2.32. The van der Waals surface area contributed by atoms with Crippen LogP contribution in [-0.4, -0.2) is 40.5 Å². The van der Waals surface area contributed by atoms with Crippen LogP contribution in [0.3, 0.4) is 0 Å². The van der Waals surface area contributed by atoms with Gasteiger partial charge >= 0.3 is 0 Å². The summed E-state index contributed by atoms with van der Waals surface area (Å²) >= 11 is 0. The number of rotatable bonds is 2. The standard InChI is InChI=1S/C17H14FN3O3/c18-12-9-14-13(19-3-4-20-14)8-11(12)17(22)21-5-7-24-16(10-21)15-2-1-6-23-15/h1-4,6,8-9,16H,5,7,10H2. The molecule has 0 bridgehead atoms. The molecule has 24 heavy (non-hydrogen) atoms. The van der Waals surface area contributed by atoms with Gasteiger partial charge in [-0.15, -0.1) is 0 Å². The van der Waals surface area contributed by atoms with Crippen molar-refractivity contribution in [2.45, 2.75) is 6.10 Å². The van der Waals surface area contributed by atoms with Crippen molar-refractivity contribution in [1.29, 1.82) is 0 Å². The van der Waals surface area contributed by atoms with E-state index in [4.69, 9.17) is 9.15 Å². The minimum atomic E-state index is -0.603. The molecule has 1 atom stereocenters. The zero-order valence-corrected chi connectivity index (χ0v) is 12.7. The van der Waals surface area contributed by atoms with Crippen LogP contribution in [0.1, 0.15) is 22.2 Å². The van der Waals surface area contributed by atoms with E-state index < -0.39 is 5.82 Å². The van der Waals surface area contributed by atoms with Crippen LogP contribution >= 0.6 is 0 Å². The van der Waals surface area contributed by atoms with Crippen molar-refractivity contribution in [3.8, 4) is 0 Å². The van der Waals surface area contributed by atoms with Crippen LogP contribution in [-0.2, 0) is 4.74 Å². The van der Waals surface area contributed by atoms with E-state index in [0.717, 1.165) is 0 Å². The fraction of sp³-hybridized carbons (Fsp3) is 0.235. The van der Waals surface area contributed by atoms with Crippen LogP contribution in [0.4, 0.5) is 4.39 Å². The van der Waals surface area contributed by atoms with Gasteiger partial charge in [0.15, 0.2) is 0 Å². The van der Waals surface area contributed by atoms with Gasteiger partial charge in [-0.05, 0) is 18.2 Å². The largest absolute Gasteiger partial charge is 0.467 e. The molecule has 0 saturated carbocycles. The number of halogens is 1. The predicted octanol–water partition coefficient (Wildman–Crippen LogP) is 2.58. The Kier molecular flexibility index (Phi) is 3.70. The third kappa shape index (κ3) is 2.63. The first-order valence-electron chi connectivity index (χ1n) is 7.57. The van der Waals surface area contributed by atoms with E-state index in [0.29, 0.717) is 36.5 Å². The number of aromatic nitrogens is 2. The minimum Gasteiger partial charge on any atom is -0.467 e. The molecule has 122 valence electrons. The number of carbonyl (C=O) groups excluding carboxylic acids is 1. The van der Waals surface area contributed by atoms with Crippen LogP contribution in [0.15, 0.2) is 47.3 Å². The van der Waals surface area contributed by atoms with Crippen LogP contribution in [0.25, 0.3) is 11.0 Å². The fourth-order valence-corrected chi connectivity index (χ4v) is 2.80. The first kappa shape index (κ1) is 14.8. The summed E-state index contributed by atoms with van der Waals surface area (Å²) in [5.41, 5.74) is 0.892. The number of hydrogen-bond donors (Lipinski definition) is 0. The van der Waals surface area contributed by atoms with Gasteiger partial charge in [-0.1, -0.05) is 0 Å². The molecule has 4 rings (SSSR count). The molecule has 0 N–H and O–H groups in total. The number of nitrogens with zero attached hydrogens (tertiary/aromatic N) is 3. The number of ether oxygens (including phenoxy) is 1. The number of furan rings is 1. The lowest BCUT2D eigenvalue weighted by Crippen LogP contribution is -2.42. The maximum atomic E-state index is 14.3. The molecule has 2 aromatic heterocycles. The van der Waals surface area contributed by atoms with Gasteiger partial charge in [0, 0.05) is 25.0 Å². The van der Waals surface area contributed by atoms with Crippen molar-refractivity contribution in [3.63, 3.8) is 0 Å². The molecule has 0 radical (unpaired) electrons. The molecule has 1 fully saturated rings. The van der Waals surface area contributed by atoms with Gasteiger partial charge in [0.1, 0.15) is 17.7 Å². The molecule has 1 amide bonds. The molecule has 1 aliphatic rings. The Balaban J connectivity index is 1.62. The van der Waals surface area contributed by atoms with Gasteiger partial charge in [0.25, 0.3) is 5.91 Å². The van der Waals surface area contributed by atoms with Gasteiger partial charge < -0.3 is 14.1 Å². The third-order valence-corrected chi connectivity index (χ3v) is 4.00. The quantitative estimate of drug-likeness (QED) is 0.723. The molecule has 1 aliphatic heterocycles. The highest BCUT2D eigenvalue weighted by atomic mass is 19.1. The Labute approximate surface area is 136 Å². The van der Waals surface area contributed by atoms with Gasteiger partial charge in [0.2, 0.25) is 0 Å². The normalized spacial score (nSPS) is 18.0. The Bertz CT molecular complexity index is 882. The first-order chi connectivity index (χ1) is 11.7. The van der Waals surface area contributed by atoms with Gasteiger partial charge in [-0.2, -0.15) is 0 Å². The summed E-state index contributed by atoms with van der Waals surface area (Å²) < 4.78 is 25.3. The summed E-state index contributed by atoms with van der Waals surface area (Å²) in [6, 6.07) is 6.24. The number of benzene rings is 1. The van der Waals surface area contributed by atoms with Gasteiger partial charge in [-0.25, -0.2) is 4.39 Å². The van der Waals surface area contributed by atoms with Gasteiger partial charge in [0.05, 0.1) is 36.0 Å². The average Bonchev–Trinajstić information content (AvgIpc) is 3.15. The van der Waals surface area contributed by atoms with E-state index in [1.807, 2.05) is 0 Å². The zero-order chi connectivity index (χ0) is 16.5. The zero-order valence-electron chi connectivity index (χ0n) is 12.7. The van der Waals surface area contributed by atoms with E-state index >= 15 is 0 Å². The predicted molar refractivity (Wildman–Crippen MR) is 82.8 cm³/mol. The van der Waals surface area contributed by atoms with Crippen molar-refractivity contribution in [2.24, 2.45) is 0 Å². The Morgan fingerprint density at radius 1 is 1.25 bits per heavy atom. The molecule has 3 heterocycles. The third-order valence-electron chi connectivity index (χ3n) is 4.00. The highest BCUT2D eigenvalue weighted by Gasteiger charge is 2.29. The summed E-state index contributed by atoms with van der Waals surface area (Å²) in [5.74, 6) is -0.341. The molecule has 0 aliphatic carbocycles. The van der Waals surface area contributed by atoms with Crippen LogP contribution in [0.2, 0.25) is 0 Å². The number of amides is 1. The highest BCUT2D eigenvalue weighted by molar-refractivity contribution is 5.97. The van der Waals surface area contributed by atoms with Gasteiger partial charge in [-0.3, -0.25) is 14.8 Å². The molecule has 3 aromatic rings. The van der Waals surface area contributed by atoms with E-state index in [-0.39, 0.29) is 17.6 Å². The number of morpholine rings is 1. The highest BCUT2D eigenvalue weighted by Crippen LogP contribution is 2.25. The summed E-state index contributed by atoms with van der Waals surface area (Å²) in [6.45, 7) is 1.07. The van der Waals surface area contributed by atoms with Crippen molar-refractivity contribution >= 4 is 16.9 Å². The summed E-state index contributed by atoms with van der Waals surface area (Å²) in [6.07, 6.45) is 4.21. The minimum absolute atomic E-state index is 0.0110. The lowest BCUT2D eigenvalue weighted by atomic mass is 10.1. The molecule has 1 aromatic carbocycles. The second kappa shape index (κ2) is 6.01. The second-order valence-electron chi connectivity index (χ2n) is 5.50.